The molecule has 2 N–H and O–H groups in total. The van der Waals surface area contributed by atoms with Crippen LogP contribution in [0.2, 0.25) is 0 Å². The van der Waals surface area contributed by atoms with E-state index in [9.17, 15) is 14.0 Å². The van der Waals surface area contributed by atoms with Gasteiger partial charge in [0.15, 0.2) is 0 Å². The molecule has 1 aromatic carbocycles. The van der Waals surface area contributed by atoms with Crippen LogP contribution in [0.1, 0.15) is 37.2 Å². The fourth-order valence-corrected chi connectivity index (χ4v) is 2.21. The van der Waals surface area contributed by atoms with Crippen LogP contribution < -0.4 is 5.32 Å². The second-order valence-electron chi connectivity index (χ2n) is 5.60. The first-order chi connectivity index (χ1) is 11.3. The highest BCUT2D eigenvalue weighted by Crippen LogP contribution is 2.15. The summed E-state index contributed by atoms with van der Waals surface area (Å²) in [6, 6.07) is 4.96. The van der Waals surface area contributed by atoms with Crippen molar-refractivity contribution in [2.75, 3.05) is 0 Å². The normalized spacial score (nSPS) is 12.2. The SMILES string of the molecule is CCc1nc(C(=O)N[C@@H](C(=O)O)C(C)C)nn1-c1ccccc1F. The van der Waals surface area contributed by atoms with Gasteiger partial charge >= 0.3 is 5.97 Å². The predicted octanol–water partition coefficient (Wildman–Crippen LogP) is 1.81. The van der Waals surface area contributed by atoms with Crippen LogP contribution in [0.25, 0.3) is 5.69 Å². The molecule has 0 bridgehead atoms. The van der Waals surface area contributed by atoms with E-state index >= 15 is 0 Å². The molecule has 8 heteroatoms. The highest BCUT2D eigenvalue weighted by molar-refractivity contribution is 5.93. The van der Waals surface area contributed by atoms with Crippen LogP contribution in [-0.2, 0) is 11.2 Å². The molecule has 0 aliphatic rings. The summed E-state index contributed by atoms with van der Waals surface area (Å²) in [5, 5.41) is 15.6. The Morgan fingerprint density at radius 1 is 1.33 bits per heavy atom. The van der Waals surface area contributed by atoms with Gasteiger partial charge in [-0.1, -0.05) is 32.9 Å². The van der Waals surface area contributed by atoms with E-state index in [1.54, 1.807) is 32.9 Å². The van der Waals surface area contributed by atoms with Crippen LogP contribution >= 0.6 is 0 Å². The Morgan fingerprint density at radius 2 is 2.00 bits per heavy atom. The van der Waals surface area contributed by atoms with Gasteiger partial charge < -0.3 is 10.4 Å². The third-order valence-corrected chi connectivity index (χ3v) is 3.49. The van der Waals surface area contributed by atoms with Crippen molar-refractivity contribution in [2.24, 2.45) is 5.92 Å². The molecule has 0 unspecified atom stereocenters. The van der Waals surface area contributed by atoms with E-state index in [1.165, 1.54) is 16.8 Å². The fourth-order valence-electron chi connectivity index (χ4n) is 2.21. The van der Waals surface area contributed by atoms with Crippen LogP contribution in [0.15, 0.2) is 24.3 Å². The molecule has 0 saturated carbocycles. The topological polar surface area (TPSA) is 97.1 Å². The highest BCUT2D eigenvalue weighted by Gasteiger charge is 2.26. The third kappa shape index (κ3) is 3.58. The number of halogens is 1. The first kappa shape index (κ1) is 17.6. The van der Waals surface area contributed by atoms with Gasteiger partial charge in [-0.15, -0.1) is 5.10 Å². The summed E-state index contributed by atoms with van der Waals surface area (Å²) in [5.74, 6) is -2.42. The molecule has 1 amide bonds. The maximum absolute atomic E-state index is 14.0. The molecule has 0 aliphatic heterocycles. The summed E-state index contributed by atoms with van der Waals surface area (Å²) < 4.78 is 15.2. The number of rotatable bonds is 6. The van der Waals surface area contributed by atoms with Gasteiger partial charge in [-0.25, -0.2) is 18.9 Å². The Hall–Kier alpha value is -2.77. The van der Waals surface area contributed by atoms with Crippen LogP contribution in [-0.4, -0.2) is 37.8 Å². The number of aliphatic carboxylic acids is 1. The van der Waals surface area contributed by atoms with Gasteiger partial charge in [-0.3, -0.25) is 4.79 Å². The van der Waals surface area contributed by atoms with E-state index in [1.807, 2.05) is 0 Å². The number of carbonyl (C=O) groups is 2. The molecule has 0 saturated heterocycles. The fraction of sp³-hybridized carbons (Fsp3) is 0.375. The Labute approximate surface area is 138 Å². The number of hydrogen-bond donors (Lipinski definition) is 2. The molecule has 0 radical (unpaired) electrons. The number of aromatic nitrogens is 3. The van der Waals surface area contributed by atoms with Crippen LogP contribution in [0.4, 0.5) is 4.39 Å². The number of para-hydroxylation sites is 1. The number of carboxylic acid groups (broad SMARTS) is 1. The van der Waals surface area contributed by atoms with Gasteiger partial charge in [0.05, 0.1) is 0 Å². The molecule has 0 spiro atoms. The Kier molecular flexibility index (Phi) is 5.28. The number of carbonyl (C=O) groups excluding carboxylic acids is 1. The molecule has 7 nitrogen and oxygen atoms in total. The zero-order valence-corrected chi connectivity index (χ0v) is 13.7. The lowest BCUT2D eigenvalue weighted by molar-refractivity contribution is -0.140. The first-order valence-corrected chi connectivity index (χ1v) is 7.59. The van der Waals surface area contributed by atoms with Crippen molar-refractivity contribution >= 4 is 11.9 Å². The minimum absolute atomic E-state index is 0.180. The monoisotopic (exact) mass is 334 g/mol. The third-order valence-electron chi connectivity index (χ3n) is 3.49. The number of nitrogens with one attached hydrogen (secondary N) is 1. The van der Waals surface area contributed by atoms with Crippen molar-refractivity contribution in [3.63, 3.8) is 0 Å². The van der Waals surface area contributed by atoms with Crippen molar-refractivity contribution in [3.8, 4) is 5.69 Å². The lowest BCUT2D eigenvalue weighted by Crippen LogP contribution is -2.44. The van der Waals surface area contributed by atoms with E-state index in [0.29, 0.717) is 12.2 Å². The Balaban J connectivity index is 2.34. The summed E-state index contributed by atoms with van der Waals surface area (Å²) in [5.41, 5.74) is 0.180. The van der Waals surface area contributed by atoms with Gasteiger partial charge in [0.1, 0.15) is 23.4 Å². The van der Waals surface area contributed by atoms with E-state index in [2.05, 4.69) is 15.4 Å². The minimum Gasteiger partial charge on any atom is -0.480 e. The summed E-state index contributed by atoms with van der Waals surface area (Å²) in [6.45, 7) is 5.17. The maximum atomic E-state index is 14.0. The predicted molar refractivity (Wildman–Crippen MR) is 84.4 cm³/mol. The molecule has 128 valence electrons. The highest BCUT2D eigenvalue weighted by atomic mass is 19.1. The van der Waals surface area contributed by atoms with E-state index in [-0.39, 0.29) is 17.4 Å². The van der Waals surface area contributed by atoms with Crippen LogP contribution in [0.3, 0.4) is 0 Å². The zero-order chi connectivity index (χ0) is 17.9. The summed E-state index contributed by atoms with van der Waals surface area (Å²) in [4.78, 5) is 27.5. The number of amides is 1. The second-order valence-corrected chi connectivity index (χ2v) is 5.60. The van der Waals surface area contributed by atoms with Crippen LogP contribution in [0, 0.1) is 11.7 Å². The Bertz CT molecular complexity index is 758. The van der Waals surface area contributed by atoms with Crippen molar-refractivity contribution < 1.29 is 19.1 Å². The average molecular weight is 334 g/mol. The molecule has 1 heterocycles. The lowest BCUT2D eigenvalue weighted by atomic mass is 10.1. The number of hydrogen-bond acceptors (Lipinski definition) is 4. The largest absolute Gasteiger partial charge is 0.480 e. The van der Waals surface area contributed by atoms with E-state index < -0.39 is 23.7 Å². The second kappa shape index (κ2) is 7.20. The average Bonchev–Trinajstić information content (AvgIpc) is 2.96. The summed E-state index contributed by atoms with van der Waals surface area (Å²) in [7, 11) is 0. The maximum Gasteiger partial charge on any atom is 0.326 e. The smallest absolute Gasteiger partial charge is 0.326 e. The number of aryl methyl sites for hydroxylation is 1. The number of nitrogens with zero attached hydrogens (tertiary/aromatic N) is 3. The molecule has 2 rings (SSSR count). The Morgan fingerprint density at radius 3 is 2.54 bits per heavy atom. The van der Waals surface area contributed by atoms with Crippen molar-refractivity contribution in [2.45, 2.75) is 33.2 Å². The number of benzene rings is 1. The van der Waals surface area contributed by atoms with Gasteiger partial charge in [0.25, 0.3) is 5.91 Å². The lowest BCUT2D eigenvalue weighted by Gasteiger charge is -2.16. The summed E-state index contributed by atoms with van der Waals surface area (Å²) in [6.07, 6.45) is 0.432. The minimum atomic E-state index is -1.14. The standard InChI is InChI=1S/C16H19FN4O3/c1-4-12-18-14(15(22)19-13(9(2)3)16(23)24)20-21(12)11-8-6-5-7-10(11)17/h5-9,13H,4H2,1-3H3,(H,19,22)(H,23,24)/t13-/m1/s1. The summed E-state index contributed by atoms with van der Waals surface area (Å²) >= 11 is 0. The number of carboxylic acids is 1. The van der Waals surface area contributed by atoms with Gasteiger partial charge in [-0.05, 0) is 18.1 Å². The molecular weight excluding hydrogens is 315 g/mol. The van der Waals surface area contributed by atoms with Crippen LogP contribution in [0.5, 0.6) is 0 Å². The van der Waals surface area contributed by atoms with Gasteiger partial charge in [-0.2, -0.15) is 0 Å². The van der Waals surface area contributed by atoms with Crippen molar-refractivity contribution in [3.05, 3.63) is 41.7 Å². The molecule has 0 aliphatic carbocycles. The zero-order valence-electron chi connectivity index (χ0n) is 13.7. The molecule has 0 fully saturated rings. The van der Waals surface area contributed by atoms with Gasteiger partial charge in [0.2, 0.25) is 5.82 Å². The van der Waals surface area contributed by atoms with Gasteiger partial charge in [0, 0.05) is 6.42 Å². The quantitative estimate of drug-likeness (QED) is 0.840. The molecular formula is C16H19FN4O3. The molecule has 24 heavy (non-hydrogen) atoms. The molecule has 1 atom stereocenters. The van der Waals surface area contributed by atoms with E-state index in [0.717, 1.165) is 0 Å². The first-order valence-electron chi connectivity index (χ1n) is 7.59. The van der Waals surface area contributed by atoms with Crippen molar-refractivity contribution in [1.82, 2.24) is 20.1 Å². The van der Waals surface area contributed by atoms with E-state index in [4.69, 9.17) is 5.11 Å². The molecule has 1 aromatic heterocycles. The van der Waals surface area contributed by atoms with Crippen molar-refractivity contribution in [1.29, 1.82) is 0 Å². The molecule has 2 aromatic rings.